The molecule has 2 saturated heterocycles. The van der Waals surface area contributed by atoms with Crippen molar-refractivity contribution >= 4 is 10.0 Å². The fraction of sp³-hybridized carbons (Fsp3) is 0.812. The summed E-state index contributed by atoms with van der Waals surface area (Å²) in [5, 5.41) is 4.58. The lowest BCUT2D eigenvalue weighted by molar-refractivity contribution is 0.146. The van der Waals surface area contributed by atoms with E-state index in [1.807, 2.05) is 4.68 Å². The maximum absolute atomic E-state index is 12.2. The van der Waals surface area contributed by atoms with Crippen LogP contribution in [-0.2, 0) is 16.6 Å². The van der Waals surface area contributed by atoms with Crippen LogP contribution in [0, 0.1) is 6.92 Å². The molecule has 0 amide bonds. The van der Waals surface area contributed by atoms with E-state index in [4.69, 9.17) is 0 Å². The molecule has 23 heavy (non-hydrogen) atoms. The second kappa shape index (κ2) is 6.53. The van der Waals surface area contributed by atoms with Crippen LogP contribution in [0.5, 0.6) is 0 Å². The molecule has 1 aromatic heterocycles. The third-order valence-electron chi connectivity index (χ3n) is 4.97. The van der Waals surface area contributed by atoms with Crippen LogP contribution in [0.3, 0.4) is 0 Å². The lowest BCUT2D eigenvalue weighted by Crippen LogP contribution is -2.48. The van der Waals surface area contributed by atoms with Crippen molar-refractivity contribution in [1.29, 1.82) is 0 Å². The van der Waals surface area contributed by atoms with E-state index in [-0.39, 0.29) is 6.04 Å². The van der Waals surface area contributed by atoms with Crippen molar-refractivity contribution in [1.82, 2.24) is 19.0 Å². The molecule has 0 saturated carbocycles. The summed E-state index contributed by atoms with van der Waals surface area (Å²) in [5.41, 5.74) is 2.33. The summed E-state index contributed by atoms with van der Waals surface area (Å²) >= 11 is 0. The first-order valence-corrected chi connectivity index (χ1v) is 10.2. The quantitative estimate of drug-likeness (QED) is 0.838. The fourth-order valence-electron chi connectivity index (χ4n) is 3.66. The number of piperidine rings is 1. The molecule has 0 aliphatic carbocycles. The molecule has 7 heteroatoms. The van der Waals surface area contributed by atoms with Crippen molar-refractivity contribution in [2.24, 2.45) is 0 Å². The molecule has 0 aromatic carbocycles. The Morgan fingerprint density at radius 2 is 2.09 bits per heavy atom. The summed E-state index contributed by atoms with van der Waals surface area (Å²) in [6, 6.07) is 0.517. The molecular formula is C16H28N4O2S. The summed E-state index contributed by atoms with van der Waals surface area (Å²) < 4.78 is 28.1. The molecular weight excluding hydrogens is 312 g/mol. The van der Waals surface area contributed by atoms with E-state index in [0.717, 1.165) is 44.6 Å². The number of likely N-dealkylation sites (tertiary alicyclic amines) is 1. The molecule has 6 nitrogen and oxygen atoms in total. The largest absolute Gasteiger partial charge is 0.297 e. The van der Waals surface area contributed by atoms with Crippen molar-refractivity contribution in [2.45, 2.75) is 58.7 Å². The lowest BCUT2D eigenvalue weighted by Gasteiger charge is -2.36. The van der Waals surface area contributed by atoms with E-state index < -0.39 is 10.0 Å². The van der Waals surface area contributed by atoms with Crippen LogP contribution in [0.25, 0.3) is 0 Å². The van der Waals surface area contributed by atoms with E-state index in [9.17, 15) is 8.42 Å². The smallest absolute Gasteiger partial charge is 0.214 e. The van der Waals surface area contributed by atoms with Crippen molar-refractivity contribution in [3.8, 4) is 0 Å². The summed E-state index contributed by atoms with van der Waals surface area (Å²) in [6.45, 7) is 9.76. The first kappa shape index (κ1) is 16.9. The number of rotatable bonds is 4. The second-order valence-electron chi connectivity index (χ2n) is 7.12. The van der Waals surface area contributed by atoms with Crippen LogP contribution in [0.2, 0.25) is 0 Å². The highest BCUT2D eigenvalue weighted by molar-refractivity contribution is 7.89. The summed E-state index contributed by atoms with van der Waals surface area (Å²) in [7, 11) is -3.01. The molecule has 2 aliphatic rings. The predicted molar refractivity (Wildman–Crippen MR) is 90.8 cm³/mol. The Balaban J connectivity index is 1.67. The lowest BCUT2D eigenvalue weighted by atomic mass is 10.0. The maximum atomic E-state index is 12.2. The van der Waals surface area contributed by atoms with Gasteiger partial charge in [0.2, 0.25) is 10.0 Å². The van der Waals surface area contributed by atoms with Gasteiger partial charge in [-0.2, -0.15) is 9.40 Å². The summed E-state index contributed by atoms with van der Waals surface area (Å²) in [4.78, 5) is 2.39. The van der Waals surface area contributed by atoms with Gasteiger partial charge in [0, 0.05) is 43.5 Å². The standard InChI is InChI=1S/C16H28N4O2S/c1-13(2)19-11-15(14(3)17-19)10-18-7-4-6-16(12-18)20-8-5-9-23(20,21)22/h11,13,16H,4-10,12H2,1-3H3/t16-/m1/s1. The van der Waals surface area contributed by atoms with Crippen LogP contribution in [0.4, 0.5) is 0 Å². The third kappa shape index (κ3) is 3.61. The molecule has 3 rings (SSSR count). The minimum atomic E-state index is -3.01. The average Bonchev–Trinajstić information content (AvgIpc) is 3.02. The Morgan fingerprint density at radius 3 is 2.70 bits per heavy atom. The van der Waals surface area contributed by atoms with Crippen molar-refractivity contribution < 1.29 is 8.42 Å². The van der Waals surface area contributed by atoms with E-state index in [2.05, 4.69) is 37.0 Å². The van der Waals surface area contributed by atoms with Crippen LogP contribution in [0.1, 0.15) is 50.4 Å². The van der Waals surface area contributed by atoms with Crippen LogP contribution < -0.4 is 0 Å². The maximum Gasteiger partial charge on any atom is 0.214 e. The molecule has 0 bridgehead atoms. The molecule has 0 N–H and O–H groups in total. The van der Waals surface area contributed by atoms with Gasteiger partial charge in [0.25, 0.3) is 0 Å². The number of hydrogen-bond donors (Lipinski definition) is 0. The number of aromatic nitrogens is 2. The Morgan fingerprint density at radius 1 is 1.30 bits per heavy atom. The van der Waals surface area contributed by atoms with Gasteiger partial charge < -0.3 is 0 Å². The normalized spacial score (nSPS) is 26.2. The molecule has 2 fully saturated rings. The second-order valence-corrected chi connectivity index (χ2v) is 9.17. The first-order valence-electron chi connectivity index (χ1n) is 8.63. The molecule has 0 unspecified atom stereocenters. The summed E-state index contributed by atoms with van der Waals surface area (Å²) in [6.07, 6.45) is 4.96. The number of hydrogen-bond acceptors (Lipinski definition) is 4. The van der Waals surface area contributed by atoms with Crippen LogP contribution >= 0.6 is 0 Å². The van der Waals surface area contributed by atoms with Crippen molar-refractivity contribution in [2.75, 3.05) is 25.4 Å². The molecule has 3 heterocycles. The molecule has 0 radical (unpaired) electrons. The SMILES string of the molecule is Cc1nn(C(C)C)cc1CN1CCC[C@@H](N2CCCS2(=O)=O)C1. The van der Waals surface area contributed by atoms with Gasteiger partial charge in [-0.3, -0.25) is 9.58 Å². The topological polar surface area (TPSA) is 58.4 Å². The Hall–Kier alpha value is -0.920. The zero-order chi connectivity index (χ0) is 16.6. The highest BCUT2D eigenvalue weighted by Gasteiger charge is 2.36. The van der Waals surface area contributed by atoms with Crippen LogP contribution in [0.15, 0.2) is 6.20 Å². The van der Waals surface area contributed by atoms with E-state index in [1.165, 1.54) is 5.56 Å². The first-order chi connectivity index (χ1) is 10.9. The van der Waals surface area contributed by atoms with Gasteiger partial charge in [0.1, 0.15) is 0 Å². The molecule has 1 aromatic rings. The van der Waals surface area contributed by atoms with Gasteiger partial charge in [-0.15, -0.1) is 0 Å². The Kier molecular flexibility index (Phi) is 4.80. The third-order valence-corrected chi connectivity index (χ3v) is 6.97. The molecule has 0 spiro atoms. The van der Waals surface area contributed by atoms with E-state index in [0.29, 0.717) is 18.3 Å². The van der Waals surface area contributed by atoms with E-state index in [1.54, 1.807) is 4.31 Å². The van der Waals surface area contributed by atoms with Gasteiger partial charge in [0.15, 0.2) is 0 Å². The zero-order valence-electron chi connectivity index (χ0n) is 14.4. The highest BCUT2D eigenvalue weighted by atomic mass is 32.2. The minimum Gasteiger partial charge on any atom is -0.297 e. The van der Waals surface area contributed by atoms with Crippen molar-refractivity contribution in [3.05, 3.63) is 17.5 Å². The summed E-state index contributed by atoms with van der Waals surface area (Å²) in [5.74, 6) is 0.323. The number of aryl methyl sites for hydroxylation is 1. The van der Waals surface area contributed by atoms with Crippen LogP contribution in [-0.4, -0.2) is 58.8 Å². The van der Waals surface area contributed by atoms with Gasteiger partial charge in [0.05, 0.1) is 11.4 Å². The molecule has 2 aliphatic heterocycles. The number of sulfonamides is 1. The average molecular weight is 340 g/mol. The predicted octanol–water partition coefficient (Wildman–Crippen LogP) is 1.77. The molecule has 130 valence electrons. The van der Waals surface area contributed by atoms with Gasteiger partial charge >= 0.3 is 0 Å². The van der Waals surface area contributed by atoms with Gasteiger partial charge in [-0.05, 0) is 46.6 Å². The van der Waals surface area contributed by atoms with Gasteiger partial charge in [-0.1, -0.05) is 0 Å². The monoisotopic (exact) mass is 340 g/mol. The Bertz CT molecular complexity index is 653. The molecule has 1 atom stereocenters. The highest BCUT2D eigenvalue weighted by Crippen LogP contribution is 2.25. The fourth-order valence-corrected chi connectivity index (χ4v) is 5.42. The number of nitrogens with zero attached hydrogens (tertiary/aromatic N) is 4. The minimum absolute atomic E-state index is 0.150. The van der Waals surface area contributed by atoms with Crippen molar-refractivity contribution in [3.63, 3.8) is 0 Å². The zero-order valence-corrected chi connectivity index (χ0v) is 15.2. The van der Waals surface area contributed by atoms with Gasteiger partial charge in [-0.25, -0.2) is 8.42 Å². The Labute approximate surface area is 139 Å². The van der Waals surface area contributed by atoms with E-state index >= 15 is 0 Å².